The maximum Gasteiger partial charge on any atom is 0.129 e. The Morgan fingerprint density at radius 3 is 2.44 bits per heavy atom. The van der Waals surface area contributed by atoms with Crippen LogP contribution in [0.3, 0.4) is 0 Å². The average Bonchev–Trinajstić information content (AvgIpc) is 2.30. The molecule has 18 heavy (non-hydrogen) atoms. The molecular formula is C14H11Br2FO. The molecule has 1 N–H and O–H groups in total. The van der Waals surface area contributed by atoms with Crippen LogP contribution in [0, 0.1) is 12.7 Å². The Morgan fingerprint density at radius 2 is 1.78 bits per heavy atom. The van der Waals surface area contributed by atoms with Crippen LogP contribution in [-0.2, 0) is 0 Å². The highest BCUT2D eigenvalue weighted by atomic mass is 79.9. The van der Waals surface area contributed by atoms with Crippen LogP contribution in [-0.4, -0.2) is 5.11 Å². The minimum atomic E-state index is -0.973. The third-order valence-electron chi connectivity index (χ3n) is 2.63. The number of aliphatic hydroxyl groups excluding tert-OH is 1. The van der Waals surface area contributed by atoms with Gasteiger partial charge < -0.3 is 5.11 Å². The highest BCUT2D eigenvalue weighted by Crippen LogP contribution is 2.29. The molecule has 94 valence electrons. The number of hydrogen-bond acceptors (Lipinski definition) is 1. The maximum atomic E-state index is 13.7. The maximum absolute atomic E-state index is 13.7. The fraction of sp³-hybridized carbons (Fsp3) is 0.143. The van der Waals surface area contributed by atoms with Crippen LogP contribution >= 0.6 is 31.9 Å². The smallest absolute Gasteiger partial charge is 0.129 e. The van der Waals surface area contributed by atoms with E-state index < -0.39 is 11.9 Å². The zero-order chi connectivity index (χ0) is 13.3. The second-order valence-corrected chi connectivity index (χ2v) is 5.96. The molecule has 2 rings (SSSR count). The van der Waals surface area contributed by atoms with Crippen molar-refractivity contribution in [3.05, 3.63) is 67.9 Å². The SMILES string of the molecule is Cc1cc(Br)cc(C(O)c2cc(Br)ccc2F)c1. The molecule has 4 heteroatoms. The summed E-state index contributed by atoms with van der Waals surface area (Å²) in [5.41, 5.74) is 1.94. The van der Waals surface area contributed by atoms with Crippen molar-refractivity contribution >= 4 is 31.9 Å². The van der Waals surface area contributed by atoms with Gasteiger partial charge >= 0.3 is 0 Å². The summed E-state index contributed by atoms with van der Waals surface area (Å²) >= 11 is 6.65. The first-order valence-electron chi connectivity index (χ1n) is 5.37. The van der Waals surface area contributed by atoms with Gasteiger partial charge in [0.25, 0.3) is 0 Å². The molecule has 0 amide bonds. The lowest BCUT2D eigenvalue weighted by Gasteiger charge is -2.14. The molecule has 0 aliphatic rings. The van der Waals surface area contributed by atoms with Gasteiger partial charge in [0, 0.05) is 14.5 Å². The summed E-state index contributed by atoms with van der Waals surface area (Å²) in [6.07, 6.45) is -0.973. The van der Waals surface area contributed by atoms with E-state index in [1.807, 2.05) is 19.1 Å². The van der Waals surface area contributed by atoms with Gasteiger partial charge in [0.1, 0.15) is 11.9 Å². The van der Waals surface area contributed by atoms with E-state index in [1.165, 1.54) is 6.07 Å². The minimum absolute atomic E-state index is 0.266. The predicted octanol–water partition coefficient (Wildman–Crippen LogP) is 4.74. The molecule has 0 aromatic heterocycles. The van der Waals surface area contributed by atoms with Gasteiger partial charge in [-0.1, -0.05) is 37.9 Å². The summed E-state index contributed by atoms with van der Waals surface area (Å²) < 4.78 is 15.3. The second kappa shape index (κ2) is 5.51. The van der Waals surface area contributed by atoms with Crippen molar-refractivity contribution in [1.82, 2.24) is 0 Å². The van der Waals surface area contributed by atoms with E-state index in [2.05, 4.69) is 31.9 Å². The first-order valence-corrected chi connectivity index (χ1v) is 6.96. The van der Waals surface area contributed by atoms with E-state index >= 15 is 0 Å². The number of halogens is 3. The highest BCUT2D eigenvalue weighted by Gasteiger charge is 2.16. The van der Waals surface area contributed by atoms with Crippen LogP contribution < -0.4 is 0 Å². The Bertz CT molecular complexity index is 564. The molecular weight excluding hydrogens is 363 g/mol. The van der Waals surface area contributed by atoms with Gasteiger partial charge in [-0.05, 0) is 48.4 Å². The summed E-state index contributed by atoms with van der Waals surface area (Å²) in [6, 6.07) is 10.1. The number of aliphatic hydroxyl groups is 1. The standard InChI is InChI=1S/C14H11Br2FO/c1-8-4-9(6-11(16)5-8)14(18)12-7-10(15)2-3-13(12)17/h2-7,14,18H,1H3. The summed E-state index contributed by atoms with van der Waals surface area (Å²) in [5, 5.41) is 10.3. The van der Waals surface area contributed by atoms with E-state index in [4.69, 9.17) is 0 Å². The van der Waals surface area contributed by atoms with Gasteiger partial charge in [0.05, 0.1) is 0 Å². The Labute approximate surface area is 122 Å². The number of rotatable bonds is 2. The lowest BCUT2D eigenvalue weighted by atomic mass is 10.00. The summed E-state index contributed by atoms with van der Waals surface area (Å²) in [6.45, 7) is 1.93. The van der Waals surface area contributed by atoms with Gasteiger partial charge in [0.15, 0.2) is 0 Å². The molecule has 0 aliphatic heterocycles. The molecule has 2 aromatic carbocycles. The largest absolute Gasteiger partial charge is 0.384 e. The van der Waals surface area contributed by atoms with Crippen LogP contribution in [0.2, 0.25) is 0 Å². The van der Waals surface area contributed by atoms with E-state index in [-0.39, 0.29) is 5.56 Å². The van der Waals surface area contributed by atoms with Gasteiger partial charge in [0.2, 0.25) is 0 Å². The normalized spacial score (nSPS) is 12.5. The van der Waals surface area contributed by atoms with Gasteiger partial charge in [-0.3, -0.25) is 0 Å². The molecule has 1 unspecified atom stereocenters. The second-order valence-electron chi connectivity index (χ2n) is 4.13. The molecule has 0 radical (unpaired) electrons. The molecule has 1 nitrogen and oxygen atoms in total. The summed E-state index contributed by atoms with van der Waals surface area (Å²) in [7, 11) is 0. The Hall–Kier alpha value is -0.710. The third kappa shape index (κ3) is 2.99. The monoisotopic (exact) mass is 372 g/mol. The van der Waals surface area contributed by atoms with E-state index in [0.717, 1.165) is 14.5 Å². The summed E-state index contributed by atoms with van der Waals surface area (Å²) in [4.78, 5) is 0. The van der Waals surface area contributed by atoms with Gasteiger partial charge in [-0.25, -0.2) is 4.39 Å². The number of hydrogen-bond donors (Lipinski definition) is 1. The van der Waals surface area contributed by atoms with Crippen molar-refractivity contribution in [3.8, 4) is 0 Å². The first-order chi connectivity index (χ1) is 8.47. The van der Waals surface area contributed by atoms with Gasteiger partial charge in [-0.15, -0.1) is 0 Å². The van der Waals surface area contributed by atoms with E-state index in [9.17, 15) is 9.50 Å². The molecule has 0 fully saturated rings. The van der Waals surface area contributed by atoms with Crippen molar-refractivity contribution in [3.63, 3.8) is 0 Å². The molecule has 1 atom stereocenters. The number of aryl methyl sites for hydroxylation is 1. The van der Waals surface area contributed by atoms with Crippen LogP contribution in [0.1, 0.15) is 22.8 Å². The molecule has 0 bridgehead atoms. The minimum Gasteiger partial charge on any atom is -0.384 e. The fourth-order valence-corrected chi connectivity index (χ4v) is 2.83. The van der Waals surface area contributed by atoms with Crippen LogP contribution in [0.25, 0.3) is 0 Å². The quantitative estimate of drug-likeness (QED) is 0.805. The van der Waals surface area contributed by atoms with Crippen LogP contribution in [0.15, 0.2) is 45.3 Å². The zero-order valence-electron chi connectivity index (χ0n) is 9.62. The van der Waals surface area contributed by atoms with Crippen molar-refractivity contribution in [2.45, 2.75) is 13.0 Å². The Balaban J connectivity index is 2.47. The van der Waals surface area contributed by atoms with E-state index in [0.29, 0.717) is 5.56 Å². The number of benzene rings is 2. The topological polar surface area (TPSA) is 20.2 Å². The summed E-state index contributed by atoms with van der Waals surface area (Å²) in [5.74, 6) is -0.414. The third-order valence-corrected chi connectivity index (χ3v) is 3.58. The van der Waals surface area contributed by atoms with Crippen molar-refractivity contribution in [2.24, 2.45) is 0 Å². The first kappa shape index (κ1) is 13.7. The van der Waals surface area contributed by atoms with Crippen molar-refractivity contribution in [1.29, 1.82) is 0 Å². The lowest BCUT2D eigenvalue weighted by molar-refractivity contribution is 0.214. The molecule has 0 spiro atoms. The Morgan fingerprint density at radius 1 is 1.06 bits per heavy atom. The van der Waals surface area contributed by atoms with Crippen LogP contribution in [0.4, 0.5) is 4.39 Å². The molecule has 0 heterocycles. The van der Waals surface area contributed by atoms with Gasteiger partial charge in [-0.2, -0.15) is 0 Å². The van der Waals surface area contributed by atoms with Crippen LogP contribution in [0.5, 0.6) is 0 Å². The lowest BCUT2D eigenvalue weighted by Crippen LogP contribution is -2.03. The highest BCUT2D eigenvalue weighted by molar-refractivity contribution is 9.10. The molecule has 0 saturated heterocycles. The fourth-order valence-electron chi connectivity index (χ4n) is 1.83. The van der Waals surface area contributed by atoms with Crippen molar-refractivity contribution in [2.75, 3.05) is 0 Å². The molecule has 2 aromatic rings. The Kier molecular flexibility index (Phi) is 4.20. The van der Waals surface area contributed by atoms with Crippen molar-refractivity contribution < 1.29 is 9.50 Å². The van der Waals surface area contributed by atoms with E-state index in [1.54, 1.807) is 18.2 Å². The average molecular weight is 374 g/mol. The zero-order valence-corrected chi connectivity index (χ0v) is 12.8. The molecule has 0 aliphatic carbocycles. The predicted molar refractivity (Wildman–Crippen MR) is 77.0 cm³/mol. The molecule has 0 saturated carbocycles.